The Morgan fingerprint density at radius 2 is 1.81 bits per heavy atom. The lowest BCUT2D eigenvalue weighted by molar-refractivity contribution is -0.158. The van der Waals surface area contributed by atoms with Gasteiger partial charge in [-0.1, -0.05) is 74.3 Å². The van der Waals surface area contributed by atoms with Crippen LogP contribution in [-0.2, 0) is 4.79 Å². The van der Waals surface area contributed by atoms with Crippen molar-refractivity contribution in [3.8, 4) is 0 Å². The number of rotatable bonds is 8. The number of hydrogen-bond donors (Lipinski definition) is 1. The molecule has 172 valence electrons. The number of aliphatic hydroxyl groups is 1. The molecule has 0 radical (unpaired) electrons. The van der Waals surface area contributed by atoms with Crippen LogP contribution in [0.4, 0.5) is 0 Å². The van der Waals surface area contributed by atoms with E-state index < -0.39 is 11.5 Å². The molecule has 3 rings (SSSR count). The Labute approximate surface area is 202 Å². The summed E-state index contributed by atoms with van der Waals surface area (Å²) in [6, 6.07) is 15.1. The average Bonchev–Trinajstić information content (AvgIpc) is 2.77. The lowest BCUT2D eigenvalue weighted by Crippen LogP contribution is -2.58. The highest BCUT2D eigenvalue weighted by Crippen LogP contribution is 2.52. The van der Waals surface area contributed by atoms with Gasteiger partial charge in [-0.05, 0) is 61.1 Å². The van der Waals surface area contributed by atoms with Crippen LogP contribution in [0.1, 0.15) is 69.5 Å². The van der Waals surface area contributed by atoms with Gasteiger partial charge in [-0.3, -0.25) is 4.79 Å². The number of halogens is 2. The van der Waals surface area contributed by atoms with Crippen LogP contribution in [0, 0.1) is 5.41 Å². The molecule has 2 aromatic rings. The summed E-state index contributed by atoms with van der Waals surface area (Å²) in [4.78, 5) is 16.0. The zero-order chi connectivity index (χ0) is 23.5. The maximum Gasteiger partial charge on any atom is 0.229 e. The minimum atomic E-state index is -0.613. The number of benzene rings is 2. The molecule has 5 heteroatoms. The van der Waals surface area contributed by atoms with Crippen LogP contribution in [-0.4, -0.2) is 28.1 Å². The van der Waals surface area contributed by atoms with E-state index in [4.69, 9.17) is 23.2 Å². The molecule has 1 heterocycles. The SMILES string of the molecule is C=CC[C@@]1(C)CC(c2cccc(Cl)c2)C(c2ccc(Cl)cc2)N(C(CC)C(O)CC)C1=O. The van der Waals surface area contributed by atoms with Gasteiger partial charge in [-0.15, -0.1) is 6.58 Å². The molecule has 0 aliphatic carbocycles. The van der Waals surface area contributed by atoms with Crippen LogP contribution in [0.25, 0.3) is 0 Å². The van der Waals surface area contributed by atoms with Gasteiger partial charge < -0.3 is 10.0 Å². The van der Waals surface area contributed by atoms with Crippen molar-refractivity contribution < 1.29 is 9.90 Å². The van der Waals surface area contributed by atoms with Gasteiger partial charge in [0, 0.05) is 16.0 Å². The molecule has 1 aliphatic heterocycles. The molecule has 1 saturated heterocycles. The maximum atomic E-state index is 14.1. The van der Waals surface area contributed by atoms with Crippen LogP contribution < -0.4 is 0 Å². The van der Waals surface area contributed by atoms with E-state index in [0.717, 1.165) is 11.1 Å². The van der Waals surface area contributed by atoms with E-state index in [1.165, 1.54) is 0 Å². The summed E-state index contributed by atoms with van der Waals surface area (Å²) < 4.78 is 0. The highest BCUT2D eigenvalue weighted by atomic mass is 35.5. The maximum absolute atomic E-state index is 14.1. The van der Waals surface area contributed by atoms with Crippen molar-refractivity contribution >= 4 is 29.1 Å². The highest BCUT2D eigenvalue weighted by molar-refractivity contribution is 6.30. The summed E-state index contributed by atoms with van der Waals surface area (Å²) in [6.07, 6.45) is 3.70. The number of aliphatic hydroxyl groups excluding tert-OH is 1. The second kappa shape index (κ2) is 10.4. The van der Waals surface area contributed by atoms with Gasteiger partial charge in [0.05, 0.1) is 23.6 Å². The summed E-state index contributed by atoms with van der Waals surface area (Å²) in [7, 11) is 0. The summed E-state index contributed by atoms with van der Waals surface area (Å²) in [5, 5.41) is 12.3. The third kappa shape index (κ3) is 4.90. The zero-order valence-corrected chi connectivity index (χ0v) is 20.6. The summed E-state index contributed by atoms with van der Waals surface area (Å²) >= 11 is 12.6. The summed E-state index contributed by atoms with van der Waals surface area (Å²) in [5.41, 5.74) is 1.49. The predicted octanol–water partition coefficient (Wildman–Crippen LogP) is 7.18. The van der Waals surface area contributed by atoms with Crippen LogP contribution in [0.15, 0.2) is 61.2 Å². The lowest BCUT2D eigenvalue weighted by Gasteiger charge is -2.52. The number of allylic oxidation sites excluding steroid dienone is 1. The van der Waals surface area contributed by atoms with Crippen molar-refractivity contribution in [1.82, 2.24) is 4.90 Å². The Balaban J connectivity index is 2.25. The van der Waals surface area contributed by atoms with Crippen LogP contribution in [0.3, 0.4) is 0 Å². The minimum Gasteiger partial charge on any atom is -0.391 e. The van der Waals surface area contributed by atoms with Gasteiger partial charge in [0.1, 0.15) is 0 Å². The summed E-state index contributed by atoms with van der Waals surface area (Å²) in [6.45, 7) is 9.92. The first kappa shape index (κ1) is 24.8. The number of piperidine rings is 1. The van der Waals surface area contributed by atoms with E-state index in [2.05, 4.69) is 12.6 Å². The Bertz CT molecular complexity index is 945. The quantitative estimate of drug-likeness (QED) is 0.412. The normalized spacial score (nSPS) is 25.4. The number of carbonyl (C=O) groups is 1. The predicted molar refractivity (Wildman–Crippen MR) is 133 cm³/mol. The van der Waals surface area contributed by atoms with Crippen LogP contribution in [0.2, 0.25) is 10.0 Å². The first-order valence-corrected chi connectivity index (χ1v) is 12.1. The fourth-order valence-electron chi connectivity index (χ4n) is 5.18. The molecule has 0 bridgehead atoms. The van der Waals surface area contributed by atoms with Crippen molar-refractivity contribution in [3.05, 3.63) is 82.4 Å². The van der Waals surface area contributed by atoms with E-state index in [9.17, 15) is 9.90 Å². The van der Waals surface area contributed by atoms with Gasteiger partial charge >= 0.3 is 0 Å². The van der Waals surface area contributed by atoms with Crippen molar-refractivity contribution in [2.24, 2.45) is 5.41 Å². The van der Waals surface area contributed by atoms with E-state index in [0.29, 0.717) is 35.7 Å². The molecular formula is C27H33Cl2NO2. The van der Waals surface area contributed by atoms with Gasteiger partial charge in [0.25, 0.3) is 0 Å². The standard InChI is InChI=1S/C27H33Cl2NO2/c1-5-15-27(4)17-22(19-9-8-10-21(29)16-19)25(18-11-13-20(28)14-12-18)30(26(27)32)23(6-2)24(31)7-3/h5,8-14,16,22-25,31H,1,6-7,15,17H2,2-4H3/t22?,23?,24?,25?,27-/m0/s1. The molecular weight excluding hydrogens is 441 g/mol. The number of amides is 1. The van der Waals surface area contributed by atoms with Crippen LogP contribution >= 0.6 is 23.2 Å². The van der Waals surface area contributed by atoms with Gasteiger partial charge in [0.2, 0.25) is 5.91 Å². The Morgan fingerprint density at radius 3 is 2.38 bits per heavy atom. The van der Waals surface area contributed by atoms with Crippen molar-refractivity contribution in [2.45, 2.75) is 70.6 Å². The highest BCUT2D eigenvalue weighted by Gasteiger charge is 2.51. The van der Waals surface area contributed by atoms with Crippen molar-refractivity contribution in [1.29, 1.82) is 0 Å². The topological polar surface area (TPSA) is 40.5 Å². The molecule has 2 aromatic carbocycles. The number of nitrogens with zero attached hydrogens (tertiary/aromatic N) is 1. The van der Waals surface area contributed by atoms with E-state index in [-0.39, 0.29) is 23.9 Å². The monoisotopic (exact) mass is 473 g/mol. The molecule has 0 saturated carbocycles. The third-order valence-corrected chi connectivity index (χ3v) is 7.31. The van der Waals surface area contributed by atoms with Gasteiger partial charge in [0.15, 0.2) is 0 Å². The Kier molecular flexibility index (Phi) is 8.08. The molecule has 1 aliphatic rings. The molecule has 1 fully saturated rings. The average molecular weight is 474 g/mol. The van der Waals surface area contributed by atoms with E-state index >= 15 is 0 Å². The smallest absolute Gasteiger partial charge is 0.229 e. The number of hydrogen-bond acceptors (Lipinski definition) is 2. The molecule has 4 unspecified atom stereocenters. The first-order valence-electron chi connectivity index (χ1n) is 11.4. The van der Waals surface area contributed by atoms with E-state index in [1.54, 1.807) is 0 Å². The van der Waals surface area contributed by atoms with Gasteiger partial charge in [-0.2, -0.15) is 0 Å². The fraction of sp³-hybridized carbons (Fsp3) is 0.444. The first-order chi connectivity index (χ1) is 15.3. The Hall–Kier alpha value is -1.81. The second-order valence-electron chi connectivity index (χ2n) is 9.08. The Morgan fingerprint density at radius 1 is 1.12 bits per heavy atom. The van der Waals surface area contributed by atoms with Crippen molar-refractivity contribution in [2.75, 3.05) is 0 Å². The third-order valence-electron chi connectivity index (χ3n) is 6.82. The lowest BCUT2D eigenvalue weighted by atomic mass is 9.67. The zero-order valence-electron chi connectivity index (χ0n) is 19.1. The van der Waals surface area contributed by atoms with Crippen molar-refractivity contribution in [3.63, 3.8) is 0 Å². The minimum absolute atomic E-state index is 0.00984. The largest absolute Gasteiger partial charge is 0.391 e. The molecule has 0 spiro atoms. The molecule has 1 amide bonds. The molecule has 32 heavy (non-hydrogen) atoms. The van der Waals surface area contributed by atoms with E-state index in [1.807, 2.05) is 74.2 Å². The second-order valence-corrected chi connectivity index (χ2v) is 9.95. The summed E-state index contributed by atoms with van der Waals surface area (Å²) in [5.74, 6) is 0.0746. The van der Waals surface area contributed by atoms with Crippen LogP contribution in [0.5, 0.6) is 0 Å². The molecule has 5 atom stereocenters. The fourth-order valence-corrected chi connectivity index (χ4v) is 5.50. The molecule has 1 N–H and O–H groups in total. The molecule has 0 aromatic heterocycles. The van der Waals surface area contributed by atoms with Gasteiger partial charge in [-0.25, -0.2) is 0 Å². The molecule has 3 nitrogen and oxygen atoms in total. The number of likely N-dealkylation sites (tertiary alicyclic amines) is 1. The number of carbonyl (C=O) groups excluding carboxylic acids is 1.